The quantitative estimate of drug-likeness (QED) is 0.652. The highest BCUT2D eigenvalue weighted by Gasteiger charge is 2.49. The van der Waals surface area contributed by atoms with E-state index in [0.717, 1.165) is 37.0 Å². The normalized spacial score (nSPS) is 31.0. The molecule has 2 N–H and O–H groups in total. The van der Waals surface area contributed by atoms with Crippen molar-refractivity contribution in [2.24, 2.45) is 10.2 Å². The first kappa shape index (κ1) is 20.7. The molecule has 8 nitrogen and oxygen atoms in total. The molecule has 0 bridgehead atoms. The van der Waals surface area contributed by atoms with Crippen LogP contribution in [0.25, 0.3) is 0 Å². The number of hydrogen-bond donors (Lipinski definition) is 2. The maximum atomic E-state index is 12.4. The highest BCUT2D eigenvalue weighted by atomic mass is 16.6. The first-order valence-electron chi connectivity index (χ1n) is 11.7. The maximum absolute atomic E-state index is 12.4. The Hall–Kier alpha value is -2.19. The molecule has 2 aliphatic heterocycles. The van der Waals surface area contributed by atoms with Gasteiger partial charge in [-0.2, -0.15) is 10.2 Å². The molecule has 2 saturated carbocycles. The van der Waals surface area contributed by atoms with E-state index in [2.05, 4.69) is 20.9 Å². The summed E-state index contributed by atoms with van der Waals surface area (Å²) in [6, 6.07) is 8.39. The summed E-state index contributed by atoms with van der Waals surface area (Å²) in [5.74, 6) is 0.781. The molecule has 4 fully saturated rings. The molecule has 31 heavy (non-hydrogen) atoms. The smallest absolute Gasteiger partial charge is 0.315 e. The summed E-state index contributed by atoms with van der Waals surface area (Å²) in [5.41, 5.74) is 1.07. The Balaban J connectivity index is 1.12. The van der Waals surface area contributed by atoms with Crippen LogP contribution in [-0.2, 0) is 16.0 Å². The predicted octanol–water partition coefficient (Wildman–Crippen LogP) is 3.35. The Kier molecular flexibility index (Phi) is 6.36. The second-order valence-electron chi connectivity index (χ2n) is 9.11. The van der Waals surface area contributed by atoms with Crippen molar-refractivity contribution in [1.29, 1.82) is 0 Å². The molecule has 0 radical (unpaired) electrons. The van der Waals surface area contributed by atoms with Gasteiger partial charge in [0.25, 0.3) is 0 Å². The average molecular weight is 429 g/mol. The minimum absolute atomic E-state index is 0.123. The minimum atomic E-state index is -0.193. The third kappa shape index (κ3) is 5.36. The number of carbonyl (C=O) groups is 1. The molecule has 1 aromatic rings. The van der Waals surface area contributed by atoms with Crippen molar-refractivity contribution in [2.75, 3.05) is 13.2 Å². The summed E-state index contributed by atoms with van der Waals surface area (Å²) < 4.78 is 18.1. The summed E-state index contributed by atoms with van der Waals surface area (Å²) in [4.78, 5) is 12.4. The monoisotopic (exact) mass is 428 g/mol. The number of benzene rings is 1. The van der Waals surface area contributed by atoms with Crippen LogP contribution in [0, 0.1) is 0 Å². The van der Waals surface area contributed by atoms with Crippen LogP contribution in [0.4, 0.5) is 4.79 Å². The van der Waals surface area contributed by atoms with E-state index in [4.69, 9.17) is 14.2 Å². The molecular formula is C23H32N4O4. The van der Waals surface area contributed by atoms with Gasteiger partial charge < -0.3 is 24.8 Å². The van der Waals surface area contributed by atoms with E-state index >= 15 is 0 Å². The van der Waals surface area contributed by atoms with E-state index in [9.17, 15) is 4.79 Å². The van der Waals surface area contributed by atoms with Crippen LogP contribution in [-0.4, -0.2) is 55.7 Å². The lowest BCUT2D eigenvalue weighted by Crippen LogP contribution is -2.51. The zero-order valence-corrected chi connectivity index (χ0v) is 17.9. The van der Waals surface area contributed by atoms with Crippen molar-refractivity contribution in [3.05, 3.63) is 29.8 Å². The summed E-state index contributed by atoms with van der Waals surface area (Å²) in [5, 5.41) is 14.7. The summed E-state index contributed by atoms with van der Waals surface area (Å²) in [6.07, 6.45) is 7.54. The van der Waals surface area contributed by atoms with Crippen LogP contribution in [0.1, 0.15) is 50.5 Å². The number of rotatable bonds is 7. The molecule has 5 rings (SSSR count). The summed E-state index contributed by atoms with van der Waals surface area (Å²) in [7, 11) is 0. The van der Waals surface area contributed by atoms with Crippen LogP contribution >= 0.6 is 0 Å². The second kappa shape index (κ2) is 9.53. The largest absolute Gasteiger partial charge is 0.485 e. The molecule has 1 aromatic carbocycles. The number of azo groups is 1. The molecule has 2 saturated heterocycles. The first-order chi connectivity index (χ1) is 15.2. The lowest BCUT2D eigenvalue weighted by atomic mass is 9.96. The molecule has 168 valence electrons. The van der Waals surface area contributed by atoms with E-state index < -0.39 is 0 Å². The molecule has 0 spiro atoms. The van der Waals surface area contributed by atoms with Gasteiger partial charge in [-0.3, -0.25) is 0 Å². The Morgan fingerprint density at radius 1 is 1.03 bits per heavy atom. The van der Waals surface area contributed by atoms with Crippen molar-refractivity contribution in [2.45, 2.75) is 87.9 Å². The standard InChI is InChI=1S/C23H32N4O4/c28-23(25-16-6-2-1-3-7-16)26-19-13-29-22-20(14-30-21(19)22)31-18-8-4-5-15(11-18)12-24-27-17-9-10-17/h4-5,8,11,16-17,19-22H,1-3,6-7,9-10,12-14H2,(H2,25,26,28). The van der Waals surface area contributed by atoms with Gasteiger partial charge in [0.15, 0.2) is 6.10 Å². The Morgan fingerprint density at radius 2 is 1.87 bits per heavy atom. The Bertz CT molecular complexity index is 794. The van der Waals surface area contributed by atoms with Gasteiger partial charge in [-0.25, -0.2) is 4.79 Å². The molecular weight excluding hydrogens is 396 g/mol. The molecule has 8 heteroatoms. The second-order valence-corrected chi connectivity index (χ2v) is 9.11. The highest BCUT2D eigenvalue weighted by Crippen LogP contribution is 2.30. The average Bonchev–Trinajstić information content (AvgIpc) is 3.39. The molecule has 0 aromatic heterocycles. The SMILES string of the molecule is O=C(NC1CCCCC1)NC1COC2C(Oc3cccc(CN=NC4CC4)c3)COC12. The fourth-order valence-electron chi connectivity index (χ4n) is 4.65. The summed E-state index contributed by atoms with van der Waals surface area (Å²) >= 11 is 0. The Morgan fingerprint density at radius 3 is 2.71 bits per heavy atom. The molecule has 4 unspecified atom stereocenters. The van der Waals surface area contributed by atoms with Gasteiger partial charge in [0, 0.05) is 6.04 Å². The van der Waals surface area contributed by atoms with Crippen molar-refractivity contribution >= 4 is 6.03 Å². The zero-order chi connectivity index (χ0) is 21.0. The van der Waals surface area contributed by atoms with Gasteiger partial charge >= 0.3 is 6.03 Å². The van der Waals surface area contributed by atoms with Crippen molar-refractivity contribution < 1.29 is 19.0 Å². The lowest BCUT2D eigenvalue weighted by Gasteiger charge is -2.24. The maximum Gasteiger partial charge on any atom is 0.315 e. The zero-order valence-electron chi connectivity index (χ0n) is 17.9. The number of amides is 2. The van der Waals surface area contributed by atoms with Gasteiger partial charge in [0.05, 0.1) is 31.8 Å². The van der Waals surface area contributed by atoms with Gasteiger partial charge in [0.2, 0.25) is 0 Å². The first-order valence-corrected chi connectivity index (χ1v) is 11.7. The topological polar surface area (TPSA) is 93.5 Å². The van der Waals surface area contributed by atoms with E-state index in [1.807, 2.05) is 24.3 Å². The van der Waals surface area contributed by atoms with Crippen molar-refractivity contribution in [3.8, 4) is 5.75 Å². The molecule has 4 atom stereocenters. The van der Waals surface area contributed by atoms with E-state index in [0.29, 0.717) is 25.8 Å². The van der Waals surface area contributed by atoms with Gasteiger partial charge in [-0.05, 0) is 43.4 Å². The van der Waals surface area contributed by atoms with Gasteiger partial charge in [-0.1, -0.05) is 31.4 Å². The van der Waals surface area contributed by atoms with Gasteiger partial charge in [-0.15, -0.1) is 0 Å². The number of nitrogens with zero attached hydrogens (tertiary/aromatic N) is 2. The van der Waals surface area contributed by atoms with Crippen LogP contribution < -0.4 is 15.4 Å². The Labute approximate surface area is 183 Å². The van der Waals surface area contributed by atoms with E-state index in [-0.39, 0.29) is 36.4 Å². The number of hydrogen-bond acceptors (Lipinski definition) is 6. The number of carbonyl (C=O) groups excluding carboxylic acids is 1. The molecule has 2 heterocycles. The third-order valence-electron chi connectivity index (χ3n) is 6.50. The van der Waals surface area contributed by atoms with Crippen LogP contribution in [0.2, 0.25) is 0 Å². The number of nitrogens with one attached hydrogen (secondary N) is 2. The highest BCUT2D eigenvalue weighted by molar-refractivity contribution is 5.74. The minimum Gasteiger partial charge on any atom is -0.485 e. The molecule has 2 aliphatic carbocycles. The van der Waals surface area contributed by atoms with Crippen LogP contribution in [0.15, 0.2) is 34.5 Å². The molecule has 2 amide bonds. The van der Waals surface area contributed by atoms with E-state index in [1.165, 1.54) is 19.3 Å². The van der Waals surface area contributed by atoms with Crippen molar-refractivity contribution in [1.82, 2.24) is 10.6 Å². The number of fused-ring (bicyclic) bond motifs is 1. The molecule has 4 aliphatic rings. The van der Waals surface area contributed by atoms with Gasteiger partial charge in [0.1, 0.15) is 18.0 Å². The summed E-state index contributed by atoms with van der Waals surface area (Å²) in [6.45, 7) is 1.46. The van der Waals surface area contributed by atoms with E-state index in [1.54, 1.807) is 0 Å². The lowest BCUT2D eigenvalue weighted by molar-refractivity contribution is 0.0303. The number of ether oxygens (including phenoxy) is 3. The predicted molar refractivity (Wildman–Crippen MR) is 114 cm³/mol. The third-order valence-corrected chi connectivity index (χ3v) is 6.50. The fourth-order valence-corrected chi connectivity index (χ4v) is 4.65. The fraction of sp³-hybridized carbons (Fsp3) is 0.696. The van der Waals surface area contributed by atoms with Crippen molar-refractivity contribution in [3.63, 3.8) is 0 Å². The number of urea groups is 1. The van der Waals surface area contributed by atoms with Crippen LogP contribution in [0.3, 0.4) is 0 Å². The van der Waals surface area contributed by atoms with Crippen LogP contribution in [0.5, 0.6) is 5.75 Å².